The highest BCUT2D eigenvalue weighted by atomic mass is 35.5. The number of amides is 1. The molecule has 1 amide bonds. The lowest BCUT2D eigenvalue weighted by molar-refractivity contribution is 0.0240. The number of nitrogens with zero attached hydrogens (tertiary/aromatic N) is 6. The Labute approximate surface area is 213 Å². The second-order valence-corrected chi connectivity index (χ2v) is 11.1. The summed E-state index contributed by atoms with van der Waals surface area (Å²) in [7, 11) is 0. The summed E-state index contributed by atoms with van der Waals surface area (Å²) in [6.07, 6.45) is 2.42. The van der Waals surface area contributed by atoms with E-state index in [0.717, 1.165) is 19.4 Å². The predicted molar refractivity (Wildman–Crippen MR) is 131 cm³/mol. The molecule has 2 atom stereocenters. The summed E-state index contributed by atoms with van der Waals surface area (Å²) < 4.78 is 40.6. The zero-order valence-electron chi connectivity index (χ0n) is 20.8. The third-order valence-corrected chi connectivity index (χ3v) is 7.33. The van der Waals surface area contributed by atoms with Crippen LogP contribution in [0.1, 0.15) is 40.0 Å². The van der Waals surface area contributed by atoms with Crippen LogP contribution < -0.4 is 9.64 Å². The largest absolute Gasteiger partial charge is 0.461 e. The second kappa shape index (κ2) is 9.41. The van der Waals surface area contributed by atoms with Gasteiger partial charge in [-0.1, -0.05) is 11.6 Å². The van der Waals surface area contributed by atoms with Crippen LogP contribution >= 0.6 is 11.6 Å². The van der Waals surface area contributed by atoms with Crippen LogP contribution in [-0.4, -0.2) is 94.0 Å². The van der Waals surface area contributed by atoms with E-state index in [4.69, 9.17) is 21.1 Å². The van der Waals surface area contributed by atoms with Gasteiger partial charge in [-0.2, -0.15) is 9.97 Å². The van der Waals surface area contributed by atoms with Crippen LogP contribution in [0, 0.1) is 5.82 Å². The molecule has 0 radical (unpaired) electrons. The van der Waals surface area contributed by atoms with Gasteiger partial charge in [-0.05, 0) is 40.2 Å². The van der Waals surface area contributed by atoms with Crippen molar-refractivity contribution < 1.29 is 23.0 Å². The Balaban J connectivity index is 1.39. The molecule has 12 heteroatoms. The normalized spacial score (nSPS) is 24.9. The summed E-state index contributed by atoms with van der Waals surface area (Å²) in [5.41, 5.74) is -0.951. The molecule has 3 aliphatic heterocycles. The molecule has 2 aromatic rings. The van der Waals surface area contributed by atoms with Crippen LogP contribution in [0.2, 0.25) is 5.15 Å². The molecular weight excluding hydrogens is 494 g/mol. The van der Waals surface area contributed by atoms with Gasteiger partial charge in [0.25, 0.3) is 0 Å². The summed E-state index contributed by atoms with van der Waals surface area (Å²) in [6.45, 7) is 8.69. The summed E-state index contributed by atoms with van der Waals surface area (Å²) >= 11 is 5.95. The van der Waals surface area contributed by atoms with Crippen molar-refractivity contribution in [2.24, 2.45) is 0 Å². The van der Waals surface area contributed by atoms with Gasteiger partial charge in [0.2, 0.25) is 0 Å². The summed E-state index contributed by atoms with van der Waals surface area (Å²) in [5.74, 6) is -0.294. The molecule has 3 aliphatic rings. The molecule has 0 bridgehead atoms. The van der Waals surface area contributed by atoms with Crippen molar-refractivity contribution in [2.45, 2.75) is 57.3 Å². The molecule has 0 aromatic carbocycles. The Bertz CT molecular complexity index is 1160. The van der Waals surface area contributed by atoms with Gasteiger partial charge < -0.3 is 19.3 Å². The van der Waals surface area contributed by atoms with Crippen molar-refractivity contribution in [2.75, 3.05) is 50.8 Å². The molecule has 3 fully saturated rings. The molecule has 0 saturated carbocycles. The van der Waals surface area contributed by atoms with E-state index in [0.29, 0.717) is 50.3 Å². The molecule has 9 nitrogen and oxygen atoms in total. The number of piperazine rings is 1. The number of pyridine rings is 1. The maximum atomic E-state index is 15.0. The summed E-state index contributed by atoms with van der Waals surface area (Å²) in [6, 6.07) is 0.0109. The monoisotopic (exact) mass is 524 g/mol. The van der Waals surface area contributed by atoms with Crippen LogP contribution in [0.15, 0.2) is 6.20 Å². The minimum atomic E-state index is -0.884. The number of halogens is 3. The number of alkyl halides is 1. The first kappa shape index (κ1) is 25.1. The fourth-order valence-corrected chi connectivity index (χ4v) is 5.52. The molecule has 3 saturated heterocycles. The van der Waals surface area contributed by atoms with E-state index in [1.165, 1.54) is 6.20 Å². The molecule has 0 unspecified atom stereocenters. The topological polar surface area (TPSA) is 83.9 Å². The fraction of sp³-hybridized carbons (Fsp3) is 0.667. The van der Waals surface area contributed by atoms with Gasteiger partial charge >= 0.3 is 12.1 Å². The summed E-state index contributed by atoms with van der Waals surface area (Å²) in [5, 5.41) is 0.116. The zero-order chi connectivity index (χ0) is 25.7. The Morgan fingerprint density at radius 1 is 1.22 bits per heavy atom. The maximum absolute atomic E-state index is 15.0. The van der Waals surface area contributed by atoms with Gasteiger partial charge in [-0.25, -0.2) is 18.6 Å². The van der Waals surface area contributed by atoms with E-state index in [-0.39, 0.29) is 34.9 Å². The van der Waals surface area contributed by atoms with Crippen molar-refractivity contribution in [3.63, 3.8) is 0 Å². The highest BCUT2D eigenvalue weighted by Crippen LogP contribution is 2.40. The van der Waals surface area contributed by atoms with Gasteiger partial charge in [0, 0.05) is 45.3 Å². The fourth-order valence-electron chi connectivity index (χ4n) is 5.38. The third-order valence-electron chi connectivity index (χ3n) is 7.06. The van der Waals surface area contributed by atoms with Gasteiger partial charge in [0.05, 0.1) is 10.9 Å². The Morgan fingerprint density at radius 3 is 2.69 bits per heavy atom. The first-order valence-electron chi connectivity index (χ1n) is 12.3. The lowest BCUT2D eigenvalue weighted by Crippen LogP contribution is -2.50. The average molecular weight is 525 g/mol. The molecule has 2 aromatic heterocycles. The van der Waals surface area contributed by atoms with Gasteiger partial charge in [0.1, 0.15) is 29.7 Å². The molecule has 5 rings (SSSR count). The van der Waals surface area contributed by atoms with Crippen molar-refractivity contribution in [1.82, 2.24) is 24.8 Å². The van der Waals surface area contributed by atoms with Crippen molar-refractivity contribution in [3.8, 4) is 6.01 Å². The maximum Gasteiger partial charge on any atom is 0.410 e. The molecule has 0 aliphatic carbocycles. The average Bonchev–Trinajstić information content (AvgIpc) is 3.34. The molecule has 0 spiro atoms. The van der Waals surface area contributed by atoms with E-state index < -0.39 is 17.6 Å². The first-order valence-corrected chi connectivity index (χ1v) is 12.7. The van der Waals surface area contributed by atoms with Crippen molar-refractivity contribution in [1.29, 1.82) is 0 Å². The van der Waals surface area contributed by atoms with E-state index in [9.17, 15) is 13.6 Å². The van der Waals surface area contributed by atoms with E-state index in [1.54, 1.807) is 4.90 Å². The minimum absolute atomic E-state index is 0.0109. The van der Waals surface area contributed by atoms with Gasteiger partial charge in [0.15, 0.2) is 11.0 Å². The van der Waals surface area contributed by atoms with Crippen LogP contribution in [0.5, 0.6) is 6.01 Å². The molecule has 196 valence electrons. The predicted octanol–water partition coefficient (Wildman–Crippen LogP) is 3.83. The minimum Gasteiger partial charge on any atom is -0.461 e. The van der Waals surface area contributed by atoms with Gasteiger partial charge in [-0.3, -0.25) is 4.90 Å². The Kier molecular flexibility index (Phi) is 6.57. The smallest absolute Gasteiger partial charge is 0.410 e. The number of carbonyl (C=O) groups is 1. The zero-order valence-corrected chi connectivity index (χ0v) is 21.5. The SMILES string of the molecule is CC(C)(C)OC(=O)N1CCN(c2nc(OC[C@@]34CCCN3C[C@H](F)C4)nc3c(F)c(Cl)ncc23)CC1. The molecule has 5 heterocycles. The lowest BCUT2D eigenvalue weighted by atomic mass is 9.95. The lowest BCUT2D eigenvalue weighted by Gasteiger charge is -2.36. The number of anilines is 1. The van der Waals surface area contributed by atoms with Crippen LogP contribution in [-0.2, 0) is 4.74 Å². The van der Waals surface area contributed by atoms with E-state index in [1.807, 2.05) is 25.7 Å². The van der Waals surface area contributed by atoms with Crippen molar-refractivity contribution in [3.05, 3.63) is 17.2 Å². The Hall–Kier alpha value is -2.53. The third kappa shape index (κ3) is 4.87. The number of rotatable bonds is 4. The quantitative estimate of drug-likeness (QED) is 0.558. The number of hydrogen-bond acceptors (Lipinski definition) is 8. The van der Waals surface area contributed by atoms with Gasteiger partial charge in [-0.15, -0.1) is 0 Å². The van der Waals surface area contributed by atoms with E-state index >= 15 is 0 Å². The number of hydrogen-bond donors (Lipinski definition) is 0. The highest BCUT2D eigenvalue weighted by Gasteiger charge is 2.49. The van der Waals surface area contributed by atoms with Crippen LogP contribution in [0.3, 0.4) is 0 Å². The standard InChI is InChI=1S/C24H31ClF2N6O3/c1-23(2,3)36-22(34)32-9-7-31(8-10-32)20-16-12-28-19(25)17(27)18(16)29-21(30-20)35-14-24-5-4-6-33(24)13-15(26)11-24/h12,15H,4-11,13-14H2,1-3H3/t15-,24+/m1/s1. The number of fused-ring (bicyclic) bond motifs is 2. The van der Waals surface area contributed by atoms with Crippen molar-refractivity contribution >= 4 is 34.4 Å². The Morgan fingerprint density at radius 2 is 1.97 bits per heavy atom. The van der Waals surface area contributed by atoms with Crippen LogP contribution in [0.4, 0.5) is 19.4 Å². The van der Waals surface area contributed by atoms with Crippen LogP contribution in [0.25, 0.3) is 10.9 Å². The first-order chi connectivity index (χ1) is 17.0. The number of carbonyl (C=O) groups excluding carboxylic acids is 1. The highest BCUT2D eigenvalue weighted by molar-refractivity contribution is 6.30. The molecular formula is C24H31ClF2N6O3. The number of aromatic nitrogens is 3. The second-order valence-electron chi connectivity index (χ2n) is 10.8. The molecule has 0 N–H and O–H groups in total. The number of ether oxygens (including phenoxy) is 2. The van der Waals surface area contributed by atoms with E-state index in [2.05, 4.69) is 19.9 Å². The summed E-state index contributed by atoms with van der Waals surface area (Å²) in [4.78, 5) is 31.0. The molecule has 36 heavy (non-hydrogen) atoms.